The molecule has 5 heterocycles. The van der Waals surface area contributed by atoms with E-state index in [1.54, 1.807) is 18.6 Å². The number of para-hydroxylation sites is 2. The summed E-state index contributed by atoms with van der Waals surface area (Å²) in [6, 6.07) is 25.1. The van der Waals surface area contributed by atoms with Gasteiger partial charge in [-0.1, -0.05) is 58.6 Å². The van der Waals surface area contributed by atoms with Gasteiger partial charge in [0.2, 0.25) is 5.79 Å². The van der Waals surface area contributed by atoms with Crippen LogP contribution in [-0.2, 0) is 21.8 Å². The van der Waals surface area contributed by atoms with Crippen LogP contribution in [0, 0.1) is 31.1 Å². The summed E-state index contributed by atoms with van der Waals surface area (Å²) in [5.74, 6) is -0.396. The minimum Gasteiger partial charge on any atom is -0.687 e. The zero-order valence-electron chi connectivity index (χ0n) is 33.0. The van der Waals surface area contributed by atoms with Crippen LogP contribution in [0.2, 0.25) is 0 Å². The van der Waals surface area contributed by atoms with Crippen LogP contribution in [-0.4, -0.2) is 102 Å². The average Bonchev–Trinajstić information content (AvgIpc) is 3.83. The topological polar surface area (TPSA) is 122 Å². The third kappa shape index (κ3) is 12.1. The molecule has 0 bridgehead atoms. The standard InChI is InChI=1S/C32H33N8O3.C5H11N2.C2H6.CH5P.U/c1-33-24-6-8-25(9-7-24)38-16-18-39(19-17-38)26-10-12-27(13-11-26)41-21-28-22-42-32(43-28,23-40-35-14-15-36-40)31-20-34-29-4-2-3-5-30(29)37-31;1-3-5(2)7-4-6-7;2*1-2;/h2-15,20,28H,16-19,21-23H2,1H3;5H,3-4H2,1-2H3;1-2H3;2H2,1H3;/q2*-1;;;+2. The quantitative estimate of drug-likeness (QED) is 0.0979. The Balaban J connectivity index is 0.000000495. The second-order valence-electron chi connectivity index (χ2n) is 12.6. The fourth-order valence-corrected chi connectivity index (χ4v) is 6.10. The third-order valence-corrected chi connectivity index (χ3v) is 9.31. The van der Waals surface area contributed by atoms with E-state index in [2.05, 4.69) is 100 Å². The maximum absolute atomic E-state index is 6.49. The van der Waals surface area contributed by atoms with E-state index in [-0.39, 0.29) is 43.8 Å². The van der Waals surface area contributed by atoms with Crippen LogP contribution < -0.4 is 14.5 Å². The average molecular weight is 993 g/mol. The SMILES string of the molecule is CC.CCC(C)N1C[N-]1.CP.C[N-]c1ccc(N2CCN(c3ccc(OCC4COC(Cn5nccn5)(c5cnc6ccccc6n5)O4)cc3)CC2)cc1.[U+2]. The number of hydrogen-bond acceptors (Lipinski definition) is 10. The van der Waals surface area contributed by atoms with Gasteiger partial charge in [0.15, 0.2) is 0 Å². The summed E-state index contributed by atoms with van der Waals surface area (Å²) >= 11 is 0. The first-order valence-electron chi connectivity index (χ1n) is 18.8. The predicted octanol–water partition coefficient (Wildman–Crippen LogP) is 7.39. The second-order valence-corrected chi connectivity index (χ2v) is 12.6. The summed E-state index contributed by atoms with van der Waals surface area (Å²) in [6.45, 7) is 16.0. The van der Waals surface area contributed by atoms with Crippen LogP contribution in [0.5, 0.6) is 5.75 Å². The van der Waals surface area contributed by atoms with Crippen molar-refractivity contribution in [3.05, 3.63) is 108 Å². The van der Waals surface area contributed by atoms with Gasteiger partial charge < -0.3 is 39.8 Å². The number of hydrogen-bond donors (Lipinski definition) is 0. The van der Waals surface area contributed by atoms with Crippen LogP contribution in [0.15, 0.2) is 91.4 Å². The monoisotopic (exact) mass is 992 g/mol. The van der Waals surface area contributed by atoms with Gasteiger partial charge in [-0.15, -0.1) is 28.6 Å². The summed E-state index contributed by atoms with van der Waals surface area (Å²) < 4.78 is 18.9. The molecule has 5 atom stereocenters. The Bertz CT molecular complexity index is 1810. The van der Waals surface area contributed by atoms with E-state index in [1.807, 2.05) is 64.0 Å². The molecule has 15 heteroatoms. The fourth-order valence-electron chi connectivity index (χ4n) is 6.10. The molecule has 8 rings (SSSR count). The molecule has 0 aliphatic carbocycles. The summed E-state index contributed by atoms with van der Waals surface area (Å²) in [4.78, 5) is 15.8. The maximum Gasteiger partial charge on any atom is 2.00 e. The minimum absolute atomic E-state index is 0. The molecule has 0 N–H and O–H groups in total. The third-order valence-electron chi connectivity index (χ3n) is 9.31. The van der Waals surface area contributed by atoms with Gasteiger partial charge >= 0.3 is 31.1 Å². The molecule has 0 spiro atoms. The predicted molar refractivity (Wildman–Crippen MR) is 221 cm³/mol. The minimum atomic E-state index is -1.18. The van der Waals surface area contributed by atoms with Crippen LogP contribution in [0.25, 0.3) is 21.8 Å². The van der Waals surface area contributed by atoms with Crippen molar-refractivity contribution in [1.82, 2.24) is 30.0 Å². The number of piperazine rings is 1. The van der Waals surface area contributed by atoms with E-state index in [0.717, 1.165) is 55.3 Å². The normalized spacial score (nSPS) is 20.3. The van der Waals surface area contributed by atoms with E-state index in [9.17, 15) is 0 Å². The molecule has 55 heavy (non-hydrogen) atoms. The first kappa shape index (κ1) is 44.4. The fraction of sp³-hybridized carbons (Fsp3) is 0.450. The zero-order chi connectivity index (χ0) is 38.3. The Labute approximate surface area is 352 Å². The zero-order valence-corrected chi connectivity index (χ0v) is 38.3. The molecule has 3 fully saturated rings. The van der Waals surface area contributed by atoms with Crippen LogP contribution in [0.4, 0.5) is 17.1 Å². The van der Waals surface area contributed by atoms with Crippen LogP contribution >= 0.6 is 9.24 Å². The molecule has 3 aliphatic heterocycles. The molecule has 0 amide bonds. The van der Waals surface area contributed by atoms with Crippen LogP contribution in [0.1, 0.15) is 39.8 Å². The number of benzene rings is 3. The van der Waals surface area contributed by atoms with Crippen molar-refractivity contribution >= 4 is 37.3 Å². The van der Waals surface area contributed by atoms with Crippen molar-refractivity contribution in [3.8, 4) is 5.75 Å². The summed E-state index contributed by atoms with van der Waals surface area (Å²) in [6.07, 6.45) is 5.86. The largest absolute Gasteiger partial charge is 2.00 e. The molecule has 3 aliphatic rings. The molecule has 5 unspecified atom stereocenters. The molecular weight excluding hydrogens is 938 g/mol. The number of fused-ring (bicyclic) bond motifs is 1. The van der Waals surface area contributed by atoms with E-state index in [1.165, 1.54) is 22.6 Å². The smallest absolute Gasteiger partial charge is 0.687 e. The Hall–Kier alpha value is -3.34. The van der Waals surface area contributed by atoms with Crippen molar-refractivity contribution in [1.29, 1.82) is 0 Å². The molecule has 5 aromatic rings. The molecule has 292 valence electrons. The first-order chi connectivity index (χ1) is 26.5. The molecule has 0 saturated carbocycles. The summed E-state index contributed by atoms with van der Waals surface area (Å²) in [5.41, 5.74) is 9.58. The van der Waals surface area contributed by atoms with Crippen molar-refractivity contribution in [2.24, 2.45) is 0 Å². The van der Waals surface area contributed by atoms with Crippen molar-refractivity contribution < 1.29 is 45.3 Å². The van der Waals surface area contributed by atoms with E-state index in [4.69, 9.17) is 19.2 Å². The van der Waals surface area contributed by atoms with Gasteiger partial charge in [0.25, 0.3) is 0 Å². The van der Waals surface area contributed by atoms with Crippen molar-refractivity contribution in [2.45, 2.75) is 58.6 Å². The number of aromatic nitrogens is 5. The van der Waals surface area contributed by atoms with Gasteiger partial charge in [0.1, 0.15) is 30.7 Å². The van der Waals surface area contributed by atoms with Gasteiger partial charge in [-0.2, -0.15) is 15.0 Å². The number of anilines is 2. The Morgan fingerprint density at radius 2 is 1.49 bits per heavy atom. The molecule has 13 nitrogen and oxygen atoms in total. The Kier molecular flexibility index (Phi) is 18.1. The van der Waals surface area contributed by atoms with Crippen molar-refractivity contribution in [2.75, 3.05) is 69.6 Å². The van der Waals surface area contributed by atoms with Gasteiger partial charge in [-0.25, -0.2) is 4.98 Å². The maximum atomic E-state index is 6.49. The molecule has 0 radical (unpaired) electrons. The van der Waals surface area contributed by atoms with E-state index < -0.39 is 5.79 Å². The first-order valence-corrected chi connectivity index (χ1v) is 20.0. The van der Waals surface area contributed by atoms with Crippen LogP contribution in [0.3, 0.4) is 0 Å². The summed E-state index contributed by atoms with van der Waals surface area (Å²) in [7, 11) is 4.23. The van der Waals surface area contributed by atoms with E-state index in [0.29, 0.717) is 24.9 Å². The summed E-state index contributed by atoms with van der Waals surface area (Å²) in [5, 5.41) is 14.8. The van der Waals surface area contributed by atoms with E-state index >= 15 is 0 Å². The van der Waals surface area contributed by atoms with Crippen molar-refractivity contribution in [3.63, 3.8) is 0 Å². The molecule has 3 aromatic carbocycles. The van der Waals surface area contributed by atoms with Gasteiger partial charge in [-0.3, -0.25) is 4.98 Å². The van der Waals surface area contributed by atoms with Gasteiger partial charge in [0.05, 0.1) is 36.2 Å². The van der Waals surface area contributed by atoms with Gasteiger partial charge in [-0.05, 0) is 61.0 Å². The van der Waals surface area contributed by atoms with Gasteiger partial charge in [0, 0.05) is 37.6 Å². The molecule has 3 saturated heterocycles. The number of ether oxygens (including phenoxy) is 3. The molecular formula is C40H55N10O3PU. The Morgan fingerprint density at radius 1 is 0.909 bits per heavy atom. The second kappa shape index (κ2) is 22.4. The number of nitrogens with zero attached hydrogens (tertiary/aromatic N) is 10. The molecule has 2 aromatic heterocycles. The number of rotatable bonds is 11. The Morgan fingerprint density at radius 3 is 2.04 bits per heavy atom.